The second-order valence-corrected chi connectivity index (χ2v) is 6.45. The lowest BCUT2D eigenvalue weighted by Crippen LogP contribution is -2.52. The Balaban J connectivity index is 3.09. The maximum absolute atomic E-state index is 12.6. The molecule has 0 saturated carbocycles. The monoisotopic (exact) mass is 342 g/mol. The molecular weight excluding hydrogens is 321 g/mol. The van der Waals surface area contributed by atoms with E-state index in [1.54, 1.807) is 19.1 Å². The van der Waals surface area contributed by atoms with Crippen LogP contribution in [0.1, 0.15) is 56.0 Å². The molecule has 1 N–H and O–H groups in total. The van der Waals surface area contributed by atoms with Crippen LogP contribution in [0.3, 0.4) is 0 Å². The first-order chi connectivity index (χ1) is 10.3. The molecule has 0 radical (unpaired) electrons. The minimum Gasteiger partial charge on any atom is -0.346 e. The molecule has 1 rings (SSSR count). The van der Waals surface area contributed by atoms with E-state index in [1.165, 1.54) is 0 Å². The molecule has 1 amide bonds. The summed E-state index contributed by atoms with van der Waals surface area (Å²) in [7, 11) is 0. The van der Waals surface area contributed by atoms with Gasteiger partial charge in [0.2, 0.25) is 6.42 Å². The van der Waals surface area contributed by atoms with Crippen LogP contribution in [0.25, 0.3) is 0 Å². The van der Waals surface area contributed by atoms with Gasteiger partial charge in [-0.2, -0.15) is 0 Å². The molecule has 0 aliphatic heterocycles. The molecule has 0 unspecified atom stereocenters. The lowest BCUT2D eigenvalue weighted by atomic mass is 9.78. The Morgan fingerprint density at radius 1 is 1.27 bits per heavy atom. The van der Waals surface area contributed by atoms with Crippen LogP contribution in [0.5, 0.6) is 0 Å². The number of carbonyl (C=O) groups excluding carboxylic acids is 2. The van der Waals surface area contributed by atoms with Gasteiger partial charge in [-0.25, -0.2) is 0 Å². The van der Waals surface area contributed by atoms with Gasteiger partial charge in [0.15, 0.2) is 0 Å². The molecule has 0 aliphatic rings. The molecule has 0 aromatic heterocycles. The fourth-order valence-corrected chi connectivity index (χ4v) is 3.13. The van der Waals surface area contributed by atoms with E-state index in [2.05, 4.69) is 5.32 Å². The van der Waals surface area contributed by atoms with Crippen molar-refractivity contribution in [3.63, 3.8) is 0 Å². The zero-order valence-corrected chi connectivity index (χ0v) is 14.9. The molecule has 1 aromatic rings. The summed E-state index contributed by atoms with van der Waals surface area (Å²) < 4.78 is 0. The van der Waals surface area contributed by atoms with Crippen LogP contribution in [0.15, 0.2) is 12.1 Å². The normalized spacial score (nSPS) is 12.6. The number of nitrogens with one attached hydrogen (secondary N) is 1. The van der Waals surface area contributed by atoms with Crippen LogP contribution >= 0.6 is 23.2 Å². The number of hydrogen-bond acceptors (Lipinski definition) is 2. The van der Waals surface area contributed by atoms with Crippen molar-refractivity contribution in [3.05, 3.63) is 33.3 Å². The topological polar surface area (TPSA) is 46.2 Å². The van der Waals surface area contributed by atoms with E-state index >= 15 is 0 Å². The van der Waals surface area contributed by atoms with Crippen molar-refractivity contribution >= 4 is 35.4 Å². The molecule has 0 fully saturated rings. The van der Waals surface area contributed by atoms with E-state index in [-0.39, 0.29) is 18.2 Å². The van der Waals surface area contributed by atoms with Gasteiger partial charge in [-0.1, -0.05) is 44.0 Å². The summed E-state index contributed by atoms with van der Waals surface area (Å²) in [4.78, 5) is 23.3. The Kier molecular flexibility index (Phi) is 6.80. The molecule has 0 aliphatic carbocycles. The van der Waals surface area contributed by atoms with Crippen molar-refractivity contribution in [1.82, 2.24) is 5.32 Å². The van der Waals surface area contributed by atoms with Gasteiger partial charge in [0.1, 0.15) is 0 Å². The van der Waals surface area contributed by atoms with Crippen molar-refractivity contribution in [2.75, 3.05) is 0 Å². The zero-order valence-electron chi connectivity index (χ0n) is 13.4. The largest absolute Gasteiger partial charge is 0.506 e. The summed E-state index contributed by atoms with van der Waals surface area (Å²) >= 11 is 12.2. The summed E-state index contributed by atoms with van der Waals surface area (Å²) in [5.74, 6) is -0.231. The minimum atomic E-state index is -0.446. The minimum absolute atomic E-state index is 0.000317. The quantitative estimate of drug-likeness (QED) is 0.728. The fourth-order valence-electron chi connectivity index (χ4n) is 2.64. The van der Waals surface area contributed by atoms with Gasteiger partial charge in [-0.3, -0.25) is 4.79 Å². The Labute approximate surface area is 142 Å². The fraction of sp³-hybridized carbons (Fsp3) is 0.529. The predicted octanol–water partition coefficient (Wildman–Crippen LogP) is 4.73. The van der Waals surface area contributed by atoms with Crippen LogP contribution in [0.2, 0.25) is 10.0 Å². The molecule has 3 nitrogen and oxygen atoms in total. The second kappa shape index (κ2) is 7.92. The van der Waals surface area contributed by atoms with Crippen molar-refractivity contribution < 1.29 is 9.59 Å². The number of carbonyl (C=O) groups is 1. The molecule has 0 spiro atoms. The lowest BCUT2D eigenvalue weighted by molar-refractivity contribution is 0.0847. The molecular formula is C17H22Cl2NO2+. The first-order valence-electron chi connectivity index (χ1n) is 7.44. The number of benzene rings is 1. The Morgan fingerprint density at radius 2 is 1.77 bits per heavy atom. The van der Waals surface area contributed by atoms with Crippen LogP contribution in [0, 0.1) is 12.8 Å². The van der Waals surface area contributed by atoms with E-state index in [0.29, 0.717) is 15.6 Å². The maximum Gasteiger partial charge on any atom is 0.506 e. The Bertz CT molecular complexity index is 531. The summed E-state index contributed by atoms with van der Waals surface area (Å²) in [6.07, 6.45) is 3.68. The van der Waals surface area contributed by atoms with E-state index in [0.717, 1.165) is 18.4 Å². The van der Waals surface area contributed by atoms with E-state index in [4.69, 9.17) is 23.2 Å². The second-order valence-electron chi connectivity index (χ2n) is 5.63. The van der Waals surface area contributed by atoms with Crippen LogP contribution in [-0.4, -0.2) is 17.7 Å². The van der Waals surface area contributed by atoms with Crippen molar-refractivity contribution in [1.29, 1.82) is 0 Å². The number of amides is 1. The molecule has 5 heteroatoms. The van der Waals surface area contributed by atoms with Gasteiger partial charge in [-0.15, -0.1) is 0 Å². The predicted molar refractivity (Wildman–Crippen MR) is 91.5 cm³/mol. The highest BCUT2D eigenvalue weighted by molar-refractivity contribution is 6.36. The SMILES string of the molecule is CCC(CC)(NC(=O)c1cc(Cl)c(C)c(Cl)c1)[C@@H](C)C[C+]=O. The third kappa shape index (κ3) is 3.98. The molecule has 1 aromatic carbocycles. The average molecular weight is 343 g/mol. The number of hydrogen-bond donors (Lipinski definition) is 1. The zero-order chi connectivity index (χ0) is 16.9. The highest BCUT2D eigenvalue weighted by Crippen LogP contribution is 2.29. The Hall–Kier alpha value is -1.15. The summed E-state index contributed by atoms with van der Waals surface area (Å²) in [5.41, 5.74) is 0.730. The summed E-state index contributed by atoms with van der Waals surface area (Å²) in [6, 6.07) is 3.23. The number of rotatable bonds is 7. The highest BCUT2D eigenvalue weighted by atomic mass is 35.5. The molecule has 0 bridgehead atoms. The van der Waals surface area contributed by atoms with E-state index in [1.807, 2.05) is 27.1 Å². The third-order valence-corrected chi connectivity index (χ3v) is 5.29. The molecule has 0 heterocycles. The van der Waals surface area contributed by atoms with Gasteiger partial charge in [0.25, 0.3) is 5.91 Å². The highest BCUT2D eigenvalue weighted by Gasteiger charge is 2.37. The number of halogens is 2. The van der Waals surface area contributed by atoms with Crippen LogP contribution < -0.4 is 5.32 Å². The smallest absolute Gasteiger partial charge is 0.346 e. The van der Waals surface area contributed by atoms with E-state index < -0.39 is 5.54 Å². The lowest BCUT2D eigenvalue weighted by Gasteiger charge is -2.36. The van der Waals surface area contributed by atoms with Crippen LogP contribution in [0.4, 0.5) is 0 Å². The van der Waals surface area contributed by atoms with Gasteiger partial charge in [0, 0.05) is 31.9 Å². The van der Waals surface area contributed by atoms with Crippen molar-refractivity contribution in [3.8, 4) is 0 Å². The first kappa shape index (κ1) is 18.9. The standard InChI is InChI=1S/C17H21Cl2NO2/c1-5-17(6-2,11(3)7-8-21)20-16(22)13-9-14(18)12(4)15(19)10-13/h9-11H,5-7H2,1-4H3/p+1/t11-/m0/s1. The first-order valence-corrected chi connectivity index (χ1v) is 8.20. The Morgan fingerprint density at radius 3 is 2.18 bits per heavy atom. The van der Waals surface area contributed by atoms with Gasteiger partial charge >= 0.3 is 6.29 Å². The third-order valence-electron chi connectivity index (χ3n) is 4.50. The van der Waals surface area contributed by atoms with Gasteiger partial charge in [0.05, 0.1) is 0 Å². The summed E-state index contributed by atoms with van der Waals surface area (Å²) in [6.45, 7) is 7.75. The van der Waals surface area contributed by atoms with Crippen LogP contribution in [-0.2, 0) is 4.79 Å². The molecule has 1 atom stereocenters. The molecule has 0 saturated heterocycles. The maximum atomic E-state index is 12.6. The van der Waals surface area contributed by atoms with Crippen molar-refractivity contribution in [2.24, 2.45) is 5.92 Å². The average Bonchev–Trinajstić information content (AvgIpc) is 2.49. The summed E-state index contributed by atoms with van der Waals surface area (Å²) in [5, 5.41) is 4.00. The van der Waals surface area contributed by atoms with Gasteiger partial charge in [-0.05, 0) is 37.5 Å². The van der Waals surface area contributed by atoms with E-state index in [9.17, 15) is 9.59 Å². The molecule has 120 valence electrons. The van der Waals surface area contributed by atoms with Crippen molar-refractivity contribution in [2.45, 2.75) is 52.5 Å². The van der Waals surface area contributed by atoms with Gasteiger partial charge < -0.3 is 5.32 Å². The molecule has 22 heavy (non-hydrogen) atoms.